The molecule has 142 valence electrons. The number of carbonyl (C=O) groups excluding carboxylic acids is 1. The molecule has 0 aliphatic rings. The van der Waals surface area contributed by atoms with Gasteiger partial charge in [0.2, 0.25) is 5.91 Å². The zero-order valence-corrected chi connectivity index (χ0v) is 19.1. The van der Waals surface area contributed by atoms with Crippen molar-refractivity contribution < 1.29 is 4.79 Å². The predicted molar refractivity (Wildman–Crippen MR) is 117 cm³/mol. The molecule has 1 atom stereocenters. The Hall–Kier alpha value is -0.730. The first kappa shape index (κ1) is 24.3. The molecule has 1 unspecified atom stereocenters. The highest BCUT2D eigenvalue weighted by Gasteiger charge is 2.20. The van der Waals surface area contributed by atoms with E-state index >= 15 is 0 Å². The van der Waals surface area contributed by atoms with Crippen LogP contribution in [0.1, 0.15) is 39.3 Å². The predicted octanol–water partition coefficient (Wildman–Crippen LogP) is 4.00. The summed E-state index contributed by atoms with van der Waals surface area (Å²) in [4.78, 5) is 16.0. The number of hydrogen-bond donors (Lipinski definition) is 3. The number of benzene rings is 1. The number of nitrogens with one attached hydrogen (secondary N) is 3. The van der Waals surface area contributed by atoms with Gasteiger partial charge < -0.3 is 16.0 Å². The van der Waals surface area contributed by atoms with Crippen LogP contribution in [-0.2, 0) is 4.79 Å². The number of aliphatic imine (C=N–C) groups is 1. The lowest BCUT2D eigenvalue weighted by molar-refractivity contribution is -0.128. The number of halogens is 3. The fourth-order valence-corrected chi connectivity index (χ4v) is 2.19. The van der Waals surface area contributed by atoms with Gasteiger partial charge in [-0.25, -0.2) is 0 Å². The Morgan fingerprint density at radius 2 is 1.76 bits per heavy atom. The summed E-state index contributed by atoms with van der Waals surface area (Å²) < 4.78 is 0. The van der Waals surface area contributed by atoms with Crippen LogP contribution < -0.4 is 16.0 Å². The topological polar surface area (TPSA) is 65.5 Å². The first-order valence-corrected chi connectivity index (χ1v) is 8.61. The molecule has 1 aromatic carbocycles. The Morgan fingerprint density at radius 1 is 1.16 bits per heavy atom. The van der Waals surface area contributed by atoms with Gasteiger partial charge >= 0.3 is 0 Å². The van der Waals surface area contributed by atoms with E-state index in [0.717, 1.165) is 5.56 Å². The molecule has 8 heteroatoms. The molecule has 0 radical (unpaired) electrons. The zero-order valence-electron chi connectivity index (χ0n) is 15.2. The van der Waals surface area contributed by atoms with Gasteiger partial charge in [-0.3, -0.25) is 9.79 Å². The van der Waals surface area contributed by atoms with Crippen LogP contribution in [-0.4, -0.2) is 32.0 Å². The standard InChI is InChI=1S/C17H26Cl2N4O.HI/c1-11(12-6-7-13(18)14(19)10-12)23-16(20-5)22-9-8-21-15(24)17(2,3)4;/h6-7,10-11H,8-9H2,1-5H3,(H,21,24)(H2,20,22,23);1H. The molecule has 0 spiro atoms. The lowest BCUT2D eigenvalue weighted by Gasteiger charge is -2.20. The fourth-order valence-electron chi connectivity index (χ4n) is 1.89. The van der Waals surface area contributed by atoms with E-state index in [1.165, 1.54) is 0 Å². The summed E-state index contributed by atoms with van der Waals surface area (Å²) in [7, 11) is 1.70. The molecule has 0 bridgehead atoms. The average Bonchev–Trinajstić information content (AvgIpc) is 2.51. The van der Waals surface area contributed by atoms with Crippen LogP contribution in [0.3, 0.4) is 0 Å². The smallest absolute Gasteiger partial charge is 0.225 e. The van der Waals surface area contributed by atoms with Gasteiger partial charge in [-0.15, -0.1) is 24.0 Å². The molecule has 0 saturated carbocycles. The van der Waals surface area contributed by atoms with Crippen LogP contribution in [0.4, 0.5) is 0 Å². The second-order valence-electron chi connectivity index (χ2n) is 6.54. The van der Waals surface area contributed by atoms with E-state index in [9.17, 15) is 4.79 Å². The van der Waals surface area contributed by atoms with Gasteiger partial charge in [0, 0.05) is 25.6 Å². The first-order chi connectivity index (χ1) is 11.1. The molecule has 25 heavy (non-hydrogen) atoms. The van der Waals surface area contributed by atoms with Crippen molar-refractivity contribution in [1.29, 1.82) is 0 Å². The largest absolute Gasteiger partial charge is 0.355 e. The quantitative estimate of drug-likeness (QED) is 0.248. The maximum atomic E-state index is 11.8. The van der Waals surface area contributed by atoms with E-state index in [2.05, 4.69) is 20.9 Å². The van der Waals surface area contributed by atoms with Crippen molar-refractivity contribution in [2.24, 2.45) is 10.4 Å². The van der Waals surface area contributed by atoms with Gasteiger partial charge in [-0.05, 0) is 24.6 Å². The third kappa shape index (κ3) is 8.46. The third-order valence-electron chi connectivity index (χ3n) is 3.40. The van der Waals surface area contributed by atoms with Crippen LogP contribution in [0.5, 0.6) is 0 Å². The normalized spacial score (nSPS) is 12.8. The van der Waals surface area contributed by atoms with Crippen LogP contribution in [0.15, 0.2) is 23.2 Å². The maximum Gasteiger partial charge on any atom is 0.225 e. The SMILES string of the molecule is CN=C(NCCNC(=O)C(C)(C)C)NC(C)c1ccc(Cl)c(Cl)c1.I. The Balaban J connectivity index is 0.00000576. The van der Waals surface area contributed by atoms with Gasteiger partial charge in [-0.1, -0.05) is 50.0 Å². The van der Waals surface area contributed by atoms with Crippen molar-refractivity contribution >= 4 is 59.0 Å². The number of rotatable bonds is 5. The molecule has 0 aliphatic heterocycles. The highest BCUT2D eigenvalue weighted by molar-refractivity contribution is 14.0. The minimum atomic E-state index is -0.387. The summed E-state index contributed by atoms with van der Waals surface area (Å²) in [6.07, 6.45) is 0. The van der Waals surface area contributed by atoms with Crippen molar-refractivity contribution in [3.63, 3.8) is 0 Å². The molecule has 1 aromatic rings. The highest BCUT2D eigenvalue weighted by atomic mass is 127. The van der Waals surface area contributed by atoms with Crippen molar-refractivity contribution in [2.75, 3.05) is 20.1 Å². The van der Waals surface area contributed by atoms with Crippen molar-refractivity contribution in [3.05, 3.63) is 33.8 Å². The third-order valence-corrected chi connectivity index (χ3v) is 4.14. The van der Waals surface area contributed by atoms with Crippen molar-refractivity contribution in [2.45, 2.75) is 33.7 Å². The van der Waals surface area contributed by atoms with Crippen LogP contribution in [0, 0.1) is 5.41 Å². The molecule has 0 saturated heterocycles. The van der Waals surface area contributed by atoms with E-state index in [1.54, 1.807) is 13.1 Å². The van der Waals surface area contributed by atoms with E-state index in [0.29, 0.717) is 29.1 Å². The van der Waals surface area contributed by atoms with E-state index < -0.39 is 0 Å². The highest BCUT2D eigenvalue weighted by Crippen LogP contribution is 2.25. The maximum absolute atomic E-state index is 11.8. The summed E-state index contributed by atoms with van der Waals surface area (Å²) in [5, 5.41) is 10.4. The Kier molecular flexibility index (Phi) is 10.8. The molecule has 0 aromatic heterocycles. The summed E-state index contributed by atoms with van der Waals surface area (Å²) in [6.45, 7) is 8.76. The first-order valence-electron chi connectivity index (χ1n) is 7.85. The van der Waals surface area contributed by atoms with Gasteiger partial charge in [0.15, 0.2) is 5.96 Å². The number of guanidine groups is 1. The van der Waals surface area contributed by atoms with Crippen LogP contribution in [0.25, 0.3) is 0 Å². The minimum Gasteiger partial charge on any atom is -0.355 e. The van der Waals surface area contributed by atoms with Gasteiger partial charge in [0.05, 0.1) is 16.1 Å². The molecule has 0 fully saturated rings. The summed E-state index contributed by atoms with van der Waals surface area (Å²) in [5.41, 5.74) is 0.621. The summed E-state index contributed by atoms with van der Waals surface area (Å²) >= 11 is 12.0. The van der Waals surface area contributed by atoms with E-state index in [-0.39, 0.29) is 41.3 Å². The molecule has 1 amide bonds. The number of amides is 1. The fraction of sp³-hybridized carbons (Fsp3) is 0.529. The Morgan fingerprint density at radius 3 is 2.28 bits per heavy atom. The number of nitrogens with zero attached hydrogens (tertiary/aromatic N) is 1. The minimum absolute atomic E-state index is 0. The number of hydrogen-bond acceptors (Lipinski definition) is 2. The molecule has 0 heterocycles. The Bertz CT molecular complexity index is 603. The van der Waals surface area contributed by atoms with Crippen molar-refractivity contribution in [3.8, 4) is 0 Å². The van der Waals surface area contributed by atoms with Crippen molar-refractivity contribution in [1.82, 2.24) is 16.0 Å². The molecule has 3 N–H and O–H groups in total. The molecule has 0 aliphatic carbocycles. The van der Waals surface area contributed by atoms with E-state index in [1.807, 2.05) is 39.8 Å². The number of carbonyl (C=O) groups is 1. The Labute approximate surface area is 177 Å². The lowest BCUT2D eigenvalue weighted by atomic mass is 9.96. The van der Waals surface area contributed by atoms with E-state index in [4.69, 9.17) is 23.2 Å². The van der Waals surface area contributed by atoms with Crippen LogP contribution >= 0.6 is 47.2 Å². The van der Waals surface area contributed by atoms with Gasteiger partial charge in [-0.2, -0.15) is 0 Å². The summed E-state index contributed by atoms with van der Waals surface area (Å²) in [5.74, 6) is 0.676. The second kappa shape index (κ2) is 11.1. The van der Waals surface area contributed by atoms with Crippen LogP contribution in [0.2, 0.25) is 10.0 Å². The van der Waals surface area contributed by atoms with Gasteiger partial charge in [0.25, 0.3) is 0 Å². The second-order valence-corrected chi connectivity index (χ2v) is 7.36. The molecule has 1 rings (SSSR count). The molecule has 5 nitrogen and oxygen atoms in total. The lowest BCUT2D eigenvalue weighted by Crippen LogP contribution is -2.44. The van der Waals surface area contributed by atoms with Gasteiger partial charge in [0.1, 0.15) is 0 Å². The average molecular weight is 501 g/mol. The molecular weight excluding hydrogens is 474 g/mol. The monoisotopic (exact) mass is 500 g/mol. The zero-order chi connectivity index (χ0) is 18.3. The summed E-state index contributed by atoms with van der Waals surface area (Å²) in [6, 6.07) is 5.53. The molecular formula is C17H27Cl2IN4O.